The van der Waals surface area contributed by atoms with Crippen LogP contribution in [-0.4, -0.2) is 6.54 Å². The lowest BCUT2D eigenvalue weighted by Gasteiger charge is -2.18. The molecule has 2 aromatic carbocycles. The topological polar surface area (TPSA) is 35.8 Å². The van der Waals surface area contributed by atoms with Gasteiger partial charge in [-0.2, -0.15) is 5.26 Å². The number of rotatable bonds is 7. The van der Waals surface area contributed by atoms with Gasteiger partial charge in [-0.05, 0) is 54.8 Å². The van der Waals surface area contributed by atoms with Gasteiger partial charge in [0.1, 0.15) is 5.82 Å². The Morgan fingerprint density at radius 1 is 1.09 bits per heavy atom. The molecule has 114 valence electrons. The Balaban J connectivity index is 1.91. The zero-order chi connectivity index (χ0) is 15.8. The average Bonchev–Trinajstić information content (AvgIpc) is 2.55. The summed E-state index contributed by atoms with van der Waals surface area (Å²) in [5, 5.41) is 12.3. The maximum atomic E-state index is 13.0. The van der Waals surface area contributed by atoms with E-state index in [1.54, 1.807) is 0 Å². The summed E-state index contributed by atoms with van der Waals surface area (Å²) in [5.74, 6) is -0.198. The van der Waals surface area contributed by atoms with Crippen LogP contribution in [0.5, 0.6) is 0 Å². The summed E-state index contributed by atoms with van der Waals surface area (Å²) in [6, 6.07) is 16.8. The molecule has 0 bridgehead atoms. The molecule has 3 heteroatoms. The second kappa shape index (κ2) is 8.31. The fraction of sp³-hybridized carbons (Fsp3) is 0.316. The molecule has 0 aromatic heterocycles. The second-order valence-electron chi connectivity index (χ2n) is 5.41. The van der Waals surface area contributed by atoms with Crippen molar-refractivity contribution in [3.63, 3.8) is 0 Å². The zero-order valence-electron chi connectivity index (χ0n) is 12.8. The van der Waals surface area contributed by atoms with Crippen molar-refractivity contribution in [3.05, 3.63) is 71.0 Å². The van der Waals surface area contributed by atoms with Crippen molar-refractivity contribution in [1.29, 1.82) is 5.26 Å². The van der Waals surface area contributed by atoms with Crippen molar-refractivity contribution < 1.29 is 4.39 Å². The molecule has 2 rings (SSSR count). The Morgan fingerprint density at radius 3 is 2.36 bits per heavy atom. The van der Waals surface area contributed by atoms with Crippen LogP contribution in [0.4, 0.5) is 4.39 Å². The van der Waals surface area contributed by atoms with Gasteiger partial charge in [0.25, 0.3) is 0 Å². The van der Waals surface area contributed by atoms with Gasteiger partial charge in [-0.3, -0.25) is 0 Å². The van der Waals surface area contributed by atoms with Crippen molar-refractivity contribution >= 4 is 0 Å². The first-order valence-corrected chi connectivity index (χ1v) is 7.71. The van der Waals surface area contributed by atoms with Crippen LogP contribution in [0.2, 0.25) is 0 Å². The number of hydrogen-bond donors (Lipinski definition) is 1. The van der Waals surface area contributed by atoms with Crippen LogP contribution < -0.4 is 5.32 Å². The largest absolute Gasteiger partial charge is 0.310 e. The highest BCUT2D eigenvalue weighted by Crippen LogP contribution is 2.19. The summed E-state index contributed by atoms with van der Waals surface area (Å²) in [5.41, 5.74) is 3.02. The zero-order valence-corrected chi connectivity index (χ0v) is 12.8. The molecule has 0 aliphatic carbocycles. The van der Waals surface area contributed by atoms with Crippen molar-refractivity contribution in [1.82, 2.24) is 5.32 Å². The van der Waals surface area contributed by atoms with Crippen LogP contribution >= 0.6 is 0 Å². The third-order valence-corrected chi connectivity index (χ3v) is 3.74. The second-order valence-corrected chi connectivity index (χ2v) is 5.41. The van der Waals surface area contributed by atoms with Gasteiger partial charge in [0.05, 0.1) is 11.6 Å². The molecule has 0 saturated carbocycles. The predicted octanol–water partition coefficient (Wildman–Crippen LogP) is 4.37. The number of halogens is 1. The fourth-order valence-electron chi connectivity index (χ4n) is 2.51. The van der Waals surface area contributed by atoms with E-state index in [2.05, 4.69) is 18.3 Å². The predicted molar refractivity (Wildman–Crippen MR) is 86.9 cm³/mol. The Hall–Kier alpha value is -2.18. The lowest BCUT2D eigenvalue weighted by Crippen LogP contribution is -2.23. The van der Waals surface area contributed by atoms with E-state index in [0.29, 0.717) is 5.56 Å². The van der Waals surface area contributed by atoms with Crippen LogP contribution in [-0.2, 0) is 6.42 Å². The molecule has 0 amide bonds. The molecule has 0 spiro atoms. The number of benzene rings is 2. The fourth-order valence-corrected chi connectivity index (χ4v) is 2.51. The summed E-state index contributed by atoms with van der Waals surface area (Å²) in [4.78, 5) is 0. The average molecular weight is 296 g/mol. The third-order valence-electron chi connectivity index (χ3n) is 3.74. The molecule has 22 heavy (non-hydrogen) atoms. The quantitative estimate of drug-likeness (QED) is 0.823. The molecule has 0 aliphatic heterocycles. The minimum atomic E-state index is -0.198. The monoisotopic (exact) mass is 296 g/mol. The molecule has 0 aliphatic rings. The van der Waals surface area contributed by atoms with Crippen LogP contribution in [0, 0.1) is 17.1 Å². The first-order valence-electron chi connectivity index (χ1n) is 7.71. The van der Waals surface area contributed by atoms with Crippen molar-refractivity contribution in [2.45, 2.75) is 32.2 Å². The lowest BCUT2D eigenvalue weighted by atomic mass is 10.0. The van der Waals surface area contributed by atoms with Gasteiger partial charge in [-0.1, -0.05) is 37.6 Å². The van der Waals surface area contributed by atoms with Gasteiger partial charge < -0.3 is 5.32 Å². The molecule has 0 radical (unpaired) electrons. The highest BCUT2D eigenvalue weighted by molar-refractivity contribution is 5.31. The van der Waals surface area contributed by atoms with E-state index in [9.17, 15) is 4.39 Å². The molecular weight excluding hydrogens is 275 g/mol. The van der Waals surface area contributed by atoms with E-state index in [0.717, 1.165) is 31.4 Å². The summed E-state index contributed by atoms with van der Waals surface area (Å²) < 4.78 is 13.0. The highest BCUT2D eigenvalue weighted by atomic mass is 19.1. The summed E-state index contributed by atoms with van der Waals surface area (Å²) in [6.45, 7) is 3.01. The first kappa shape index (κ1) is 16.2. The van der Waals surface area contributed by atoms with E-state index in [1.807, 2.05) is 36.4 Å². The summed E-state index contributed by atoms with van der Waals surface area (Å²) in [6.07, 6.45) is 3.01. The Morgan fingerprint density at radius 2 is 1.77 bits per heavy atom. The Labute approximate surface area is 131 Å². The van der Waals surface area contributed by atoms with Gasteiger partial charge in [-0.25, -0.2) is 4.39 Å². The molecular formula is C19H21FN2. The minimum absolute atomic E-state index is 0.198. The van der Waals surface area contributed by atoms with Crippen molar-refractivity contribution in [2.24, 2.45) is 0 Å². The molecule has 2 aromatic rings. The smallest absolute Gasteiger partial charge is 0.123 e. The van der Waals surface area contributed by atoms with Gasteiger partial charge in [-0.15, -0.1) is 0 Å². The maximum Gasteiger partial charge on any atom is 0.123 e. The minimum Gasteiger partial charge on any atom is -0.310 e. The molecule has 1 N–H and O–H groups in total. The van der Waals surface area contributed by atoms with Gasteiger partial charge >= 0.3 is 0 Å². The third kappa shape index (κ3) is 4.68. The standard InChI is InChI=1S/C19H21FN2/c1-2-3-19(17-8-10-18(20)11-9-17)22-13-12-15-4-6-16(14-21)7-5-15/h4-11,19,22H,2-3,12-13H2,1H3. The van der Waals surface area contributed by atoms with Crippen molar-refractivity contribution in [3.8, 4) is 6.07 Å². The highest BCUT2D eigenvalue weighted by Gasteiger charge is 2.09. The van der Waals surface area contributed by atoms with E-state index in [-0.39, 0.29) is 11.9 Å². The van der Waals surface area contributed by atoms with E-state index in [4.69, 9.17) is 5.26 Å². The van der Waals surface area contributed by atoms with Gasteiger partial charge in [0.2, 0.25) is 0 Å². The molecule has 0 saturated heterocycles. The van der Waals surface area contributed by atoms with E-state index in [1.165, 1.54) is 17.7 Å². The van der Waals surface area contributed by atoms with Crippen LogP contribution in [0.25, 0.3) is 0 Å². The van der Waals surface area contributed by atoms with Crippen LogP contribution in [0.15, 0.2) is 48.5 Å². The van der Waals surface area contributed by atoms with Crippen LogP contribution in [0.3, 0.4) is 0 Å². The van der Waals surface area contributed by atoms with E-state index < -0.39 is 0 Å². The van der Waals surface area contributed by atoms with Gasteiger partial charge in [0, 0.05) is 6.04 Å². The number of nitrogens with zero attached hydrogens (tertiary/aromatic N) is 1. The number of hydrogen-bond acceptors (Lipinski definition) is 2. The molecule has 1 unspecified atom stereocenters. The summed E-state index contributed by atoms with van der Waals surface area (Å²) >= 11 is 0. The Kier molecular flexibility index (Phi) is 6.12. The molecule has 0 heterocycles. The number of nitrogens with one attached hydrogen (secondary N) is 1. The normalized spacial score (nSPS) is 11.9. The molecule has 1 atom stereocenters. The number of nitriles is 1. The Bertz CT molecular complexity index is 611. The molecule has 2 nitrogen and oxygen atoms in total. The first-order chi connectivity index (χ1) is 10.7. The van der Waals surface area contributed by atoms with E-state index >= 15 is 0 Å². The summed E-state index contributed by atoms with van der Waals surface area (Å²) in [7, 11) is 0. The van der Waals surface area contributed by atoms with Gasteiger partial charge in [0.15, 0.2) is 0 Å². The van der Waals surface area contributed by atoms with Crippen molar-refractivity contribution in [2.75, 3.05) is 6.54 Å². The van der Waals surface area contributed by atoms with Crippen LogP contribution in [0.1, 0.15) is 42.5 Å². The molecule has 0 fully saturated rings. The maximum absolute atomic E-state index is 13.0. The lowest BCUT2D eigenvalue weighted by molar-refractivity contribution is 0.496. The SMILES string of the molecule is CCCC(NCCc1ccc(C#N)cc1)c1ccc(F)cc1.